The lowest BCUT2D eigenvalue weighted by atomic mass is 10.0. The predicted molar refractivity (Wildman–Crippen MR) is 67.6 cm³/mol. The molecule has 0 aliphatic heterocycles. The fourth-order valence-corrected chi connectivity index (χ4v) is 3.03. The molecule has 1 atom stereocenters. The number of carbonyl (C=O) groups excluding carboxylic acids is 1. The van der Waals surface area contributed by atoms with Gasteiger partial charge in [0.1, 0.15) is 5.75 Å². The van der Waals surface area contributed by atoms with Crippen LogP contribution in [0.15, 0.2) is 35.2 Å². The van der Waals surface area contributed by atoms with Gasteiger partial charge in [-0.05, 0) is 18.6 Å². The number of rotatable bonds is 6. The number of sulfone groups is 1. The number of benzene rings is 1. The first-order chi connectivity index (χ1) is 7.97. The molecule has 0 radical (unpaired) electrons. The molecule has 94 valence electrons. The third-order valence-electron chi connectivity index (χ3n) is 2.71. The minimum Gasteiger partial charge on any atom is -0.298 e. The molecule has 1 aromatic rings. The minimum atomic E-state index is -3.47. The molecule has 0 aromatic heterocycles. The van der Waals surface area contributed by atoms with Crippen LogP contribution in [0.1, 0.15) is 26.7 Å². The molecule has 0 unspecified atom stereocenters. The summed E-state index contributed by atoms with van der Waals surface area (Å²) in [4.78, 5) is 12.0. The van der Waals surface area contributed by atoms with Crippen LogP contribution in [0.25, 0.3) is 0 Å². The van der Waals surface area contributed by atoms with E-state index in [-0.39, 0.29) is 16.6 Å². The lowest BCUT2D eigenvalue weighted by Gasteiger charge is -2.09. The van der Waals surface area contributed by atoms with Gasteiger partial charge in [-0.25, -0.2) is 8.42 Å². The molecule has 1 aromatic carbocycles. The van der Waals surface area contributed by atoms with Gasteiger partial charge in [0, 0.05) is 5.92 Å². The third kappa shape index (κ3) is 3.97. The van der Waals surface area contributed by atoms with E-state index >= 15 is 0 Å². The summed E-state index contributed by atoms with van der Waals surface area (Å²) in [5.74, 6) is -0.771. The summed E-state index contributed by atoms with van der Waals surface area (Å²) in [7, 11) is -3.47. The van der Waals surface area contributed by atoms with Crippen LogP contribution < -0.4 is 0 Å². The van der Waals surface area contributed by atoms with Crippen LogP contribution in [-0.4, -0.2) is 20.0 Å². The van der Waals surface area contributed by atoms with Crippen LogP contribution in [0.2, 0.25) is 0 Å². The molecule has 17 heavy (non-hydrogen) atoms. The number of ketones is 1. The van der Waals surface area contributed by atoms with E-state index in [0.717, 1.165) is 12.8 Å². The van der Waals surface area contributed by atoms with Gasteiger partial charge in [0.2, 0.25) is 0 Å². The Labute approximate surface area is 103 Å². The monoisotopic (exact) mass is 254 g/mol. The maximum absolute atomic E-state index is 11.9. The third-order valence-corrected chi connectivity index (χ3v) is 4.36. The molecule has 0 aliphatic carbocycles. The van der Waals surface area contributed by atoms with Crippen molar-refractivity contribution in [3.05, 3.63) is 30.3 Å². The van der Waals surface area contributed by atoms with Crippen molar-refractivity contribution in [3.8, 4) is 0 Å². The average Bonchev–Trinajstić information content (AvgIpc) is 2.30. The Balaban J connectivity index is 2.78. The molecule has 0 aliphatic rings. The zero-order valence-corrected chi connectivity index (χ0v) is 11.0. The second kappa shape index (κ2) is 5.96. The van der Waals surface area contributed by atoms with Crippen LogP contribution in [-0.2, 0) is 14.6 Å². The predicted octanol–water partition coefficient (Wildman–Crippen LogP) is 2.47. The summed E-state index contributed by atoms with van der Waals surface area (Å²) in [6.45, 7) is 3.77. The van der Waals surface area contributed by atoms with Crippen molar-refractivity contribution in [1.82, 2.24) is 0 Å². The topological polar surface area (TPSA) is 51.2 Å². The lowest BCUT2D eigenvalue weighted by Crippen LogP contribution is -2.22. The Kier molecular flexibility index (Phi) is 4.87. The zero-order valence-electron chi connectivity index (χ0n) is 10.2. The first-order valence-electron chi connectivity index (χ1n) is 5.78. The lowest BCUT2D eigenvalue weighted by molar-refractivity contribution is -0.120. The van der Waals surface area contributed by atoms with Gasteiger partial charge >= 0.3 is 0 Å². The second-order valence-corrected chi connectivity index (χ2v) is 6.22. The van der Waals surface area contributed by atoms with Crippen molar-refractivity contribution in [2.75, 3.05) is 5.75 Å². The summed E-state index contributed by atoms with van der Waals surface area (Å²) in [5, 5.41) is 0. The molecule has 0 amide bonds. The summed E-state index contributed by atoms with van der Waals surface area (Å²) in [5.41, 5.74) is 0. The highest BCUT2D eigenvalue weighted by Crippen LogP contribution is 2.14. The van der Waals surface area contributed by atoms with Gasteiger partial charge in [0.05, 0.1) is 4.90 Å². The molecular weight excluding hydrogens is 236 g/mol. The fourth-order valence-electron chi connectivity index (χ4n) is 1.63. The summed E-state index contributed by atoms with van der Waals surface area (Å²) >= 11 is 0. The Morgan fingerprint density at radius 1 is 1.24 bits per heavy atom. The van der Waals surface area contributed by atoms with E-state index in [0.29, 0.717) is 0 Å². The quantitative estimate of drug-likeness (QED) is 0.783. The normalized spacial score (nSPS) is 13.3. The van der Waals surface area contributed by atoms with E-state index in [9.17, 15) is 13.2 Å². The molecule has 4 heteroatoms. The highest BCUT2D eigenvalue weighted by atomic mass is 32.2. The molecule has 0 saturated carbocycles. The van der Waals surface area contributed by atoms with Crippen molar-refractivity contribution < 1.29 is 13.2 Å². The van der Waals surface area contributed by atoms with Gasteiger partial charge in [-0.3, -0.25) is 4.79 Å². The Morgan fingerprint density at radius 3 is 2.35 bits per heavy atom. The van der Waals surface area contributed by atoms with Crippen molar-refractivity contribution in [1.29, 1.82) is 0 Å². The first kappa shape index (κ1) is 13.9. The Hall–Kier alpha value is -1.16. The van der Waals surface area contributed by atoms with E-state index in [2.05, 4.69) is 0 Å². The second-order valence-electron chi connectivity index (χ2n) is 4.23. The van der Waals surface area contributed by atoms with Gasteiger partial charge < -0.3 is 0 Å². The SMILES string of the molecule is CCC[C@H](C)C(=O)CS(=O)(=O)c1ccccc1. The molecule has 0 N–H and O–H groups in total. The van der Waals surface area contributed by atoms with E-state index < -0.39 is 15.6 Å². The van der Waals surface area contributed by atoms with Crippen molar-refractivity contribution in [3.63, 3.8) is 0 Å². The van der Waals surface area contributed by atoms with Crippen LogP contribution in [0, 0.1) is 5.92 Å². The summed E-state index contributed by atoms with van der Waals surface area (Å²) in [6.07, 6.45) is 1.63. The molecule has 0 bridgehead atoms. The maximum atomic E-state index is 11.9. The van der Waals surface area contributed by atoms with Crippen LogP contribution >= 0.6 is 0 Å². The van der Waals surface area contributed by atoms with Gasteiger partial charge in [-0.1, -0.05) is 38.5 Å². The summed E-state index contributed by atoms with van der Waals surface area (Å²) < 4.78 is 23.9. The van der Waals surface area contributed by atoms with Gasteiger partial charge in [0.25, 0.3) is 0 Å². The van der Waals surface area contributed by atoms with Crippen LogP contribution in [0.5, 0.6) is 0 Å². The van der Waals surface area contributed by atoms with Crippen LogP contribution in [0.4, 0.5) is 0 Å². The fraction of sp³-hybridized carbons (Fsp3) is 0.462. The average molecular weight is 254 g/mol. The molecule has 0 fully saturated rings. The van der Waals surface area contributed by atoms with E-state index in [4.69, 9.17) is 0 Å². The molecular formula is C13H18O3S. The highest BCUT2D eigenvalue weighted by Gasteiger charge is 2.22. The molecule has 1 rings (SSSR count). The van der Waals surface area contributed by atoms with Crippen molar-refractivity contribution in [2.45, 2.75) is 31.6 Å². The Bertz CT molecular complexity index is 463. The molecule has 0 spiro atoms. The van der Waals surface area contributed by atoms with Gasteiger partial charge in [-0.15, -0.1) is 0 Å². The van der Waals surface area contributed by atoms with Gasteiger partial charge in [-0.2, -0.15) is 0 Å². The highest BCUT2D eigenvalue weighted by molar-refractivity contribution is 7.92. The standard InChI is InChI=1S/C13H18O3S/c1-3-7-11(2)13(14)10-17(15,16)12-8-5-4-6-9-12/h4-6,8-9,11H,3,7,10H2,1-2H3/t11-/m0/s1. The number of hydrogen-bond acceptors (Lipinski definition) is 3. The largest absolute Gasteiger partial charge is 0.298 e. The minimum absolute atomic E-state index is 0.182. The first-order valence-corrected chi connectivity index (χ1v) is 7.43. The zero-order chi connectivity index (χ0) is 12.9. The van der Waals surface area contributed by atoms with E-state index in [1.165, 1.54) is 12.1 Å². The number of hydrogen-bond donors (Lipinski definition) is 0. The number of Topliss-reactive ketones (excluding diaryl/α,β-unsaturated/α-hetero) is 1. The van der Waals surface area contributed by atoms with E-state index in [1.807, 2.05) is 6.92 Å². The molecule has 0 saturated heterocycles. The Morgan fingerprint density at radius 2 is 1.82 bits per heavy atom. The van der Waals surface area contributed by atoms with E-state index in [1.54, 1.807) is 25.1 Å². The van der Waals surface area contributed by atoms with Crippen molar-refractivity contribution in [2.24, 2.45) is 5.92 Å². The van der Waals surface area contributed by atoms with Gasteiger partial charge in [0.15, 0.2) is 15.6 Å². The van der Waals surface area contributed by atoms with Crippen LogP contribution in [0.3, 0.4) is 0 Å². The van der Waals surface area contributed by atoms with Crippen molar-refractivity contribution >= 4 is 15.6 Å². The molecule has 3 nitrogen and oxygen atoms in total. The maximum Gasteiger partial charge on any atom is 0.185 e. The molecule has 0 heterocycles. The summed E-state index contributed by atoms with van der Waals surface area (Å²) in [6, 6.07) is 8.11. The number of carbonyl (C=O) groups is 1. The smallest absolute Gasteiger partial charge is 0.185 e.